The first kappa shape index (κ1) is 26.1. The molecule has 0 radical (unpaired) electrons. The van der Waals surface area contributed by atoms with Crippen molar-refractivity contribution in [1.29, 1.82) is 0 Å². The number of rotatable bonds is 8. The van der Waals surface area contributed by atoms with E-state index in [2.05, 4.69) is 29.4 Å². The fraction of sp³-hybridized carbons (Fsp3) is 0.207. The van der Waals surface area contributed by atoms with Crippen molar-refractivity contribution in [3.05, 3.63) is 88.9 Å². The number of nitrogens with two attached hydrogens (primary N) is 1. The van der Waals surface area contributed by atoms with Gasteiger partial charge in [-0.25, -0.2) is 0 Å². The van der Waals surface area contributed by atoms with Crippen molar-refractivity contribution in [1.82, 2.24) is 0 Å². The molecule has 37 heavy (non-hydrogen) atoms. The van der Waals surface area contributed by atoms with Gasteiger partial charge in [0.1, 0.15) is 11.4 Å². The number of aromatic hydroxyl groups is 1. The Morgan fingerprint density at radius 1 is 1.03 bits per heavy atom. The Morgan fingerprint density at radius 3 is 2.41 bits per heavy atom. The van der Waals surface area contributed by atoms with Gasteiger partial charge in [0.15, 0.2) is 5.75 Å². The van der Waals surface area contributed by atoms with Gasteiger partial charge < -0.3 is 20.9 Å². The number of benzene rings is 4. The zero-order chi connectivity index (χ0) is 26.6. The first-order valence-electron chi connectivity index (χ1n) is 12.0. The first-order valence-corrected chi connectivity index (χ1v) is 12.4. The van der Waals surface area contributed by atoms with Crippen LogP contribution in [0.1, 0.15) is 42.6 Å². The van der Waals surface area contributed by atoms with Gasteiger partial charge in [-0.1, -0.05) is 61.8 Å². The number of carbonyl (C=O) groups is 1. The highest BCUT2D eigenvalue weighted by molar-refractivity contribution is 6.31. The maximum Gasteiger partial charge on any atom is 0.259 e. The second-order valence-electron chi connectivity index (χ2n) is 8.75. The second kappa shape index (κ2) is 11.0. The number of nitrogens with one attached hydrogen (secondary N) is 1. The lowest BCUT2D eigenvalue weighted by atomic mass is 9.86. The molecule has 1 amide bonds. The maximum atomic E-state index is 13.2. The SMILES string of the molecule is CCC(N)(CC)c1ccc(N=Nc2c(O)c(C(=O)Nc3cc(Cl)ccc3OC)cc3ccccc23)cc1. The fourth-order valence-corrected chi connectivity index (χ4v) is 4.36. The van der Waals surface area contributed by atoms with Crippen LogP contribution >= 0.6 is 11.6 Å². The van der Waals surface area contributed by atoms with Gasteiger partial charge in [-0.3, -0.25) is 4.79 Å². The Kier molecular flexibility index (Phi) is 7.76. The lowest BCUT2D eigenvalue weighted by Gasteiger charge is -2.27. The van der Waals surface area contributed by atoms with Crippen molar-refractivity contribution in [2.75, 3.05) is 12.4 Å². The van der Waals surface area contributed by atoms with E-state index in [9.17, 15) is 9.90 Å². The molecule has 0 aliphatic carbocycles. The molecule has 4 N–H and O–H groups in total. The minimum atomic E-state index is -0.539. The highest BCUT2D eigenvalue weighted by Gasteiger charge is 2.23. The summed E-state index contributed by atoms with van der Waals surface area (Å²) in [5.74, 6) is -0.382. The van der Waals surface area contributed by atoms with E-state index in [1.807, 2.05) is 48.5 Å². The molecule has 0 bridgehead atoms. The Balaban J connectivity index is 1.71. The molecule has 0 saturated carbocycles. The molecule has 4 aromatic carbocycles. The highest BCUT2D eigenvalue weighted by atomic mass is 35.5. The van der Waals surface area contributed by atoms with Gasteiger partial charge in [0, 0.05) is 15.9 Å². The fourth-order valence-electron chi connectivity index (χ4n) is 4.19. The second-order valence-corrected chi connectivity index (χ2v) is 9.19. The summed E-state index contributed by atoms with van der Waals surface area (Å²) in [6.07, 6.45) is 1.64. The van der Waals surface area contributed by atoms with Crippen molar-refractivity contribution < 1.29 is 14.6 Å². The van der Waals surface area contributed by atoms with Crippen molar-refractivity contribution in [3.63, 3.8) is 0 Å². The predicted molar refractivity (Wildman–Crippen MR) is 149 cm³/mol. The molecule has 0 aromatic heterocycles. The highest BCUT2D eigenvalue weighted by Crippen LogP contribution is 2.40. The Labute approximate surface area is 220 Å². The number of hydrogen-bond acceptors (Lipinski definition) is 6. The van der Waals surface area contributed by atoms with Gasteiger partial charge in [0.25, 0.3) is 5.91 Å². The van der Waals surface area contributed by atoms with E-state index in [1.54, 1.807) is 24.3 Å². The number of azo groups is 1. The van der Waals surface area contributed by atoms with E-state index in [0.29, 0.717) is 27.5 Å². The van der Waals surface area contributed by atoms with Crippen LogP contribution in [0.5, 0.6) is 11.5 Å². The van der Waals surface area contributed by atoms with Crippen molar-refractivity contribution in [3.8, 4) is 11.5 Å². The van der Waals surface area contributed by atoms with Crippen molar-refractivity contribution in [2.24, 2.45) is 16.0 Å². The van der Waals surface area contributed by atoms with Crippen molar-refractivity contribution >= 4 is 45.3 Å². The quantitative estimate of drug-likeness (QED) is 0.207. The van der Waals surface area contributed by atoms with E-state index in [-0.39, 0.29) is 17.0 Å². The first-order chi connectivity index (χ1) is 17.8. The summed E-state index contributed by atoms with van der Waals surface area (Å²) in [5.41, 5.74) is 8.36. The average Bonchev–Trinajstić information content (AvgIpc) is 2.92. The molecule has 0 aliphatic heterocycles. The van der Waals surface area contributed by atoms with E-state index < -0.39 is 11.4 Å². The smallest absolute Gasteiger partial charge is 0.259 e. The van der Waals surface area contributed by atoms with Crippen LogP contribution < -0.4 is 15.8 Å². The molecule has 8 heteroatoms. The monoisotopic (exact) mass is 516 g/mol. The molecule has 0 heterocycles. The molecule has 0 atom stereocenters. The lowest BCUT2D eigenvalue weighted by Crippen LogP contribution is -2.34. The molecule has 0 aliphatic rings. The normalized spacial score (nSPS) is 11.7. The van der Waals surface area contributed by atoms with Crippen LogP contribution in [-0.4, -0.2) is 18.1 Å². The Morgan fingerprint density at radius 2 is 1.73 bits per heavy atom. The van der Waals surface area contributed by atoms with Gasteiger partial charge in [-0.15, -0.1) is 5.11 Å². The van der Waals surface area contributed by atoms with Gasteiger partial charge >= 0.3 is 0 Å². The van der Waals surface area contributed by atoms with Crippen LogP contribution in [0, 0.1) is 0 Å². The average molecular weight is 517 g/mol. The lowest BCUT2D eigenvalue weighted by molar-refractivity contribution is 0.102. The van der Waals surface area contributed by atoms with Crippen LogP contribution in [0.15, 0.2) is 83.0 Å². The number of halogens is 1. The molecular weight excluding hydrogens is 488 g/mol. The van der Waals surface area contributed by atoms with Gasteiger partial charge in [-0.2, -0.15) is 5.11 Å². The third kappa shape index (κ3) is 5.43. The maximum absolute atomic E-state index is 13.2. The largest absolute Gasteiger partial charge is 0.505 e. The summed E-state index contributed by atoms with van der Waals surface area (Å²) in [7, 11) is 1.50. The number of ether oxygens (including phenoxy) is 1. The summed E-state index contributed by atoms with van der Waals surface area (Å²) in [4.78, 5) is 13.2. The number of hydrogen-bond donors (Lipinski definition) is 3. The third-order valence-electron chi connectivity index (χ3n) is 6.62. The standard InChI is InChI=1S/C29H29ClN4O3/c1-4-29(31,5-2)19-10-13-21(14-11-19)33-34-26-22-9-7-6-8-18(22)16-23(27(26)35)28(36)32-24-17-20(30)12-15-25(24)37-3/h6-17,35H,4-5,31H2,1-3H3,(H,32,36). The molecule has 0 fully saturated rings. The van der Waals surface area contributed by atoms with Gasteiger partial charge in [-0.05, 0) is 60.2 Å². The summed E-state index contributed by atoms with van der Waals surface area (Å²) >= 11 is 6.10. The summed E-state index contributed by atoms with van der Waals surface area (Å²) < 4.78 is 5.32. The molecule has 4 aromatic rings. The molecule has 0 unspecified atom stereocenters. The zero-order valence-corrected chi connectivity index (χ0v) is 21.7. The van der Waals surface area contributed by atoms with Crippen LogP contribution in [-0.2, 0) is 5.54 Å². The zero-order valence-electron chi connectivity index (χ0n) is 21.0. The number of carbonyl (C=O) groups excluding carboxylic acids is 1. The minimum Gasteiger partial charge on any atom is -0.505 e. The molecule has 0 spiro atoms. The number of fused-ring (bicyclic) bond motifs is 1. The number of nitrogens with zero attached hydrogens (tertiary/aromatic N) is 2. The van der Waals surface area contributed by atoms with Crippen LogP contribution in [0.4, 0.5) is 17.1 Å². The summed E-state index contributed by atoms with van der Waals surface area (Å²) in [6, 6.07) is 21.4. The molecule has 7 nitrogen and oxygen atoms in total. The van der Waals surface area contributed by atoms with Gasteiger partial charge in [0.2, 0.25) is 0 Å². The summed E-state index contributed by atoms with van der Waals surface area (Å²) in [5, 5.41) is 24.4. The Bertz CT molecular complexity index is 1460. The van der Waals surface area contributed by atoms with E-state index in [4.69, 9.17) is 22.1 Å². The van der Waals surface area contributed by atoms with Crippen LogP contribution in [0.25, 0.3) is 10.8 Å². The summed E-state index contributed by atoms with van der Waals surface area (Å²) in [6.45, 7) is 4.13. The predicted octanol–water partition coefficient (Wildman–Crippen LogP) is 7.85. The minimum absolute atomic E-state index is 0.0452. The van der Waals surface area contributed by atoms with E-state index in [0.717, 1.165) is 23.8 Å². The Hall–Kier alpha value is -3.94. The van der Waals surface area contributed by atoms with Crippen LogP contribution in [0.3, 0.4) is 0 Å². The number of methoxy groups -OCH3 is 1. The number of anilines is 1. The molecule has 0 saturated heterocycles. The van der Waals surface area contributed by atoms with Gasteiger partial charge in [0.05, 0.1) is 24.0 Å². The molecule has 190 valence electrons. The number of amides is 1. The van der Waals surface area contributed by atoms with E-state index >= 15 is 0 Å². The number of phenols is 1. The number of phenolic OH excluding ortho intramolecular Hbond substituents is 1. The third-order valence-corrected chi connectivity index (χ3v) is 6.85. The van der Waals surface area contributed by atoms with E-state index in [1.165, 1.54) is 7.11 Å². The molecule has 4 rings (SSSR count). The van der Waals surface area contributed by atoms with Crippen molar-refractivity contribution in [2.45, 2.75) is 32.2 Å². The van der Waals surface area contributed by atoms with Crippen LogP contribution in [0.2, 0.25) is 5.02 Å². The topological polar surface area (TPSA) is 109 Å². The molecular formula is C29H29ClN4O3.